The third kappa shape index (κ3) is 4.61. The zero-order valence-electron chi connectivity index (χ0n) is 20.0. The molecule has 2 aliphatic rings. The Morgan fingerprint density at radius 2 is 1.86 bits per heavy atom. The molecule has 0 radical (unpaired) electrons. The second-order valence-electron chi connectivity index (χ2n) is 9.67. The lowest BCUT2D eigenvalue weighted by Crippen LogP contribution is -2.19. The summed E-state index contributed by atoms with van der Waals surface area (Å²) in [5.74, 6) is 0.684. The molecule has 1 saturated carbocycles. The first kappa shape index (κ1) is 23.7. The van der Waals surface area contributed by atoms with E-state index >= 15 is 0 Å². The molecule has 1 atom stereocenters. The average Bonchev–Trinajstić information content (AvgIpc) is 3.55. The van der Waals surface area contributed by atoms with Crippen LogP contribution in [0, 0.1) is 19.8 Å². The van der Waals surface area contributed by atoms with E-state index in [1.807, 2.05) is 6.07 Å². The highest BCUT2D eigenvalue weighted by Crippen LogP contribution is 2.49. The number of rotatable bonds is 6. The maximum absolute atomic E-state index is 13.1. The topological polar surface area (TPSA) is 123 Å². The van der Waals surface area contributed by atoms with E-state index in [9.17, 15) is 18.3 Å². The van der Waals surface area contributed by atoms with Crippen molar-refractivity contribution in [3.05, 3.63) is 68.6 Å². The quantitative estimate of drug-likeness (QED) is 0.493. The van der Waals surface area contributed by atoms with Crippen molar-refractivity contribution in [1.82, 2.24) is 5.16 Å². The van der Waals surface area contributed by atoms with Crippen LogP contribution in [0.2, 0.25) is 0 Å². The third-order valence-corrected chi connectivity index (χ3v) is 8.66. The van der Waals surface area contributed by atoms with Crippen molar-refractivity contribution < 1.29 is 22.5 Å². The first-order valence-electron chi connectivity index (χ1n) is 12.2. The van der Waals surface area contributed by atoms with Crippen LogP contribution in [-0.2, 0) is 22.9 Å². The van der Waals surface area contributed by atoms with Crippen LogP contribution in [0.4, 0.5) is 5.69 Å². The Hall–Kier alpha value is -3.07. The van der Waals surface area contributed by atoms with Crippen LogP contribution in [-0.4, -0.2) is 18.7 Å². The molecule has 1 aromatic carbocycles. The summed E-state index contributed by atoms with van der Waals surface area (Å²) >= 11 is 0. The van der Waals surface area contributed by atoms with Gasteiger partial charge in [-0.2, -0.15) is 0 Å². The Morgan fingerprint density at radius 1 is 1.11 bits per heavy atom. The first-order chi connectivity index (χ1) is 16.8. The van der Waals surface area contributed by atoms with Gasteiger partial charge in [-0.1, -0.05) is 30.1 Å². The number of aromatic hydroxyl groups is 1. The molecule has 1 fully saturated rings. The fourth-order valence-corrected chi connectivity index (χ4v) is 6.64. The highest BCUT2D eigenvalue weighted by atomic mass is 32.2. The van der Waals surface area contributed by atoms with E-state index in [4.69, 9.17) is 8.94 Å². The van der Waals surface area contributed by atoms with Crippen LogP contribution in [0.3, 0.4) is 0 Å². The van der Waals surface area contributed by atoms with Crippen molar-refractivity contribution in [2.75, 3.05) is 4.72 Å². The average molecular weight is 499 g/mol. The van der Waals surface area contributed by atoms with E-state index in [0.717, 1.165) is 49.7 Å². The minimum atomic E-state index is -3.91. The number of nitrogens with zero attached hydrogens (tertiary/aromatic N) is 1. The first-order valence-corrected chi connectivity index (χ1v) is 13.7. The Kier molecular flexibility index (Phi) is 6.21. The minimum Gasteiger partial charge on any atom is -0.507 e. The molecule has 2 aromatic heterocycles. The van der Waals surface area contributed by atoms with Crippen LogP contribution < -0.4 is 10.3 Å². The summed E-state index contributed by atoms with van der Waals surface area (Å²) in [4.78, 5) is 13.2. The van der Waals surface area contributed by atoms with Crippen molar-refractivity contribution in [3.63, 3.8) is 0 Å². The number of hydrogen-bond acceptors (Lipinski definition) is 7. The second kappa shape index (κ2) is 9.18. The Labute approximate surface area is 204 Å². The van der Waals surface area contributed by atoms with E-state index in [-0.39, 0.29) is 39.5 Å². The van der Waals surface area contributed by atoms with Gasteiger partial charge in [0.2, 0.25) is 0 Å². The summed E-state index contributed by atoms with van der Waals surface area (Å²) < 4.78 is 39.4. The van der Waals surface area contributed by atoms with Gasteiger partial charge in [-0.15, -0.1) is 0 Å². The molecule has 2 aliphatic carbocycles. The zero-order valence-corrected chi connectivity index (χ0v) is 20.8. The van der Waals surface area contributed by atoms with Crippen molar-refractivity contribution in [2.24, 2.45) is 5.92 Å². The molecule has 9 heteroatoms. The van der Waals surface area contributed by atoms with E-state index in [0.29, 0.717) is 24.3 Å². The fourth-order valence-electron chi connectivity index (χ4n) is 5.26. The maximum atomic E-state index is 13.1. The van der Waals surface area contributed by atoms with Crippen LogP contribution in [0.1, 0.15) is 78.3 Å². The molecule has 3 aromatic rings. The number of aryl methyl sites for hydroxylation is 3. The summed E-state index contributed by atoms with van der Waals surface area (Å²) in [6, 6.07) is 7.01. The summed E-state index contributed by atoms with van der Waals surface area (Å²) in [6.07, 6.45) is 7.26. The normalized spacial score (nSPS) is 17.3. The lowest BCUT2D eigenvalue weighted by molar-refractivity contribution is 0.382. The van der Waals surface area contributed by atoms with Gasteiger partial charge in [0.1, 0.15) is 17.2 Å². The summed E-state index contributed by atoms with van der Waals surface area (Å²) in [5.41, 5.74) is 1.95. The zero-order chi connectivity index (χ0) is 24.7. The highest BCUT2D eigenvalue weighted by Gasteiger charge is 2.38. The van der Waals surface area contributed by atoms with Gasteiger partial charge in [0.15, 0.2) is 10.7 Å². The lowest BCUT2D eigenvalue weighted by Gasteiger charge is -2.22. The van der Waals surface area contributed by atoms with E-state index in [1.54, 1.807) is 32.0 Å². The van der Waals surface area contributed by atoms with Gasteiger partial charge in [0, 0.05) is 23.6 Å². The predicted molar refractivity (Wildman–Crippen MR) is 130 cm³/mol. The SMILES string of the molecule is Cc1noc(C)c1S(=O)(=O)Nc1cccc(C(c2c(O)c3c(oc2=O)CCCCCC3)C2CC2)c1. The maximum Gasteiger partial charge on any atom is 0.343 e. The van der Waals surface area contributed by atoms with Crippen molar-refractivity contribution in [1.29, 1.82) is 0 Å². The van der Waals surface area contributed by atoms with Crippen molar-refractivity contribution in [2.45, 2.75) is 76.0 Å². The molecule has 0 amide bonds. The Balaban J connectivity index is 1.54. The van der Waals surface area contributed by atoms with Crippen LogP contribution in [0.15, 0.2) is 42.9 Å². The molecule has 2 N–H and O–H groups in total. The smallest absolute Gasteiger partial charge is 0.343 e. The van der Waals surface area contributed by atoms with Gasteiger partial charge in [-0.3, -0.25) is 4.72 Å². The van der Waals surface area contributed by atoms with E-state index in [1.165, 1.54) is 0 Å². The highest BCUT2D eigenvalue weighted by molar-refractivity contribution is 7.92. The molecule has 0 aliphatic heterocycles. The third-order valence-electron chi connectivity index (χ3n) is 7.03. The molecule has 186 valence electrons. The fraction of sp³-hybridized carbons (Fsp3) is 0.462. The van der Waals surface area contributed by atoms with Crippen molar-refractivity contribution in [3.8, 4) is 5.75 Å². The molecular formula is C26H30N2O6S. The standard InChI is InChI=1S/C26H30N2O6S/c1-15-25(16(2)34-27-15)35(31,32)28-19-9-7-8-18(14-19)22(17-12-13-17)23-24(29)20-10-5-3-4-6-11-21(20)33-26(23)30/h7-9,14,17,22,28-29H,3-6,10-13H2,1-2H3. The summed E-state index contributed by atoms with van der Waals surface area (Å²) in [6.45, 7) is 3.13. The number of anilines is 1. The molecular weight excluding hydrogens is 468 g/mol. The van der Waals surface area contributed by atoms with Gasteiger partial charge < -0.3 is 14.0 Å². The molecule has 2 heterocycles. The number of aromatic nitrogens is 1. The number of sulfonamides is 1. The predicted octanol–water partition coefficient (Wildman–Crippen LogP) is 4.95. The molecule has 5 rings (SSSR count). The second-order valence-corrected chi connectivity index (χ2v) is 11.3. The number of fused-ring (bicyclic) bond motifs is 1. The molecule has 0 saturated heterocycles. The lowest BCUT2D eigenvalue weighted by atomic mass is 9.85. The minimum absolute atomic E-state index is 0.0154. The number of benzene rings is 1. The van der Waals surface area contributed by atoms with Gasteiger partial charge >= 0.3 is 5.63 Å². The van der Waals surface area contributed by atoms with Gasteiger partial charge in [0.05, 0.1) is 5.56 Å². The van der Waals surface area contributed by atoms with E-state index in [2.05, 4.69) is 9.88 Å². The molecule has 8 nitrogen and oxygen atoms in total. The Bertz CT molecular complexity index is 1400. The molecule has 1 unspecified atom stereocenters. The van der Waals surface area contributed by atoms with Gasteiger partial charge in [-0.05, 0) is 69.6 Å². The summed E-state index contributed by atoms with van der Waals surface area (Å²) in [5, 5.41) is 15.0. The largest absolute Gasteiger partial charge is 0.507 e. The van der Waals surface area contributed by atoms with Crippen LogP contribution in [0.25, 0.3) is 0 Å². The van der Waals surface area contributed by atoms with Gasteiger partial charge in [0.25, 0.3) is 10.0 Å². The van der Waals surface area contributed by atoms with Crippen LogP contribution in [0.5, 0.6) is 5.75 Å². The molecule has 35 heavy (non-hydrogen) atoms. The Morgan fingerprint density at radius 3 is 2.54 bits per heavy atom. The van der Waals surface area contributed by atoms with E-state index < -0.39 is 15.6 Å². The van der Waals surface area contributed by atoms with Crippen molar-refractivity contribution >= 4 is 15.7 Å². The number of nitrogens with one attached hydrogen (secondary N) is 1. The number of hydrogen-bond donors (Lipinski definition) is 2. The molecule has 0 spiro atoms. The summed E-state index contributed by atoms with van der Waals surface area (Å²) in [7, 11) is -3.91. The van der Waals surface area contributed by atoms with Gasteiger partial charge in [-0.25, -0.2) is 13.2 Å². The van der Waals surface area contributed by atoms with Crippen LogP contribution >= 0.6 is 0 Å². The molecule has 0 bridgehead atoms. The monoisotopic (exact) mass is 498 g/mol.